The van der Waals surface area contributed by atoms with Crippen LogP contribution >= 0.6 is 12.2 Å². The highest BCUT2D eigenvalue weighted by Crippen LogP contribution is 2.31. The Bertz CT molecular complexity index is 251. The van der Waals surface area contributed by atoms with E-state index in [1.54, 1.807) is 0 Å². The molecule has 0 bridgehead atoms. The van der Waals surface area contributed by atoms with Crippen LogP contribution in [-0.4, -0.2) is 34.3 Å². The van der Waals surface area contributed by atoms with E-state index in [1.165, 1.54) is 0 Å². The molecule has 2 aliphatic heterocycles. The third kappa shape index (κ3) is 1.42. The summed E-state index contributed by atoms with van der Waals surface area (Å²) in [5.74, 6) is 0. The predicted octanol–water partition coefficient (Wildman–Crippen LogP) is 0.665. The fraction of sp³-hybridized carbons (Fsp3) is 0.889. The van der Waals surface area contributed by atoms with Crippen molar-refractivity contribution in [2.45, 2.75) is 38.4 Å². The van der Waals surface area contributed by atoms with E-state index in [2.05, 4.69) is 36.3 Å². The van der Waals surface area contributed by atoms with Crippen LogP contribution in [0.3, 0.4) is 0 Å². The fourth-order valence-electron chi connectivity index (χ4n) is 2.52. The van der Waals surface area contributed by atoms with Gasteiger partial charge in [0.2, 0.25) is 0 Å². The van der Waals surface area contributed by atoms with Gasteiger partial charge in [-0.15, -0.1) is 0 Å². The molecule has 0 saturated carbocycles. The summed E-state index contributed by atoms with van der Waals surface area (Å²) in [5.41, 5.74) is 0.186. The molecule has 2 fully saturated rings. The van der Waals surface area contributed by atoms with Gasteiger partial charge in [-0.25, -0.2) is 0 Å². The van der Waals surface area contributed by atoms with Gasteiger partial charge in [0.1, 0.15) is 0 Å². The van der Waals surface area contributed by atoms with Crippen LogP contribution in [0.15, 0.2) is 0 Å². The minimum atomic E-state index is 0.0752. The van der Waals surface area contributed by atoms with E-state index >= 15 is 0 Å². The lowest BCUT2D eigenvalue weighted by Crippen LogP contribution is -2.66. The summed E-state index contributed by atoms with van der Waals surface area (Å²) < 4.78 is 0. The molecular formula is C9H17N3S. The molecule has 74 valence electrons. The van der Waals surface area contributed by atoms with Crippen LogP contribution in [0.5, 0.6) is 0 Å². The maximum Gasteiger partial charge on any atom is 0.170 e. The number of rotatable bonds is 0. The van der Waals surface area contributed by atoms with E-state index in [4.69, 9.17) is 12.2 Å². The first kappa shape index (κ1) is 9.21. The van der Waals surface area contributed by atoms with Gasteiger partial charge in [0.05, 0.1) is 5.66 Å². The summed E-state index contributed by atoms with van der Waals surface area (Å²) in [6, 6.07) is 0. The molecule has 4 heteroatoms. The van der Waals surface area contributed by atoms with Gasteiger partial charge in [0.15, 0.2) is 5.11 Å². The minimum Gasteiger partial charge on any atom is -0.357 e. The van der Waals surface area contributed by atoms with Crippen molar-refractivity contribution < 1.29 is 0 Å². The molecule has 1 atom stereocenters. The number of hydrogen-bond donors (Lipinski definition) is 2. The molecule has 0 aliphatic carbocycles. The second-order valence-corrected chi connectivity index (χ2v) is 5.23. The Hall–Kier alpha value is -0.350. The molecule has 0 aromatic heterocycles. The Balaban J connectivity index is 2.27. The van der Waals surface area contributed by atoms with E-state index in [9.17, 15) is 0 Å². The van der Waals surface area contributed by atoms with Crippen molar-refractivity contribution in [3.05, 3.63) is 0 Å². The lowest BCUT2D eigenvalue weighted by molar-refractivity contribution is 0.131. The molecule has 0 amide bonds. The van der Waals surface area contributed by atoms with Crippen molar-refractivity contribution in [1.82, 2.24) is 15.5 Å². The van der Waals surface area contributed by atoms with Crippen LogP contribution in [0.2, 0.25) is 0 Å². The number of nitrogens with one attached hydrogen (secondary N) is 2. The first-order valence-electron chi connectivity index (χ1n) is 4.78. The Morgan fingerprint density at radius 2 is 2.08 bits per heavy atom. The van der Waals surface area contributed by atoms with Gasteiger partial charge in [-0.1, -0.05) is 0 Å². The van der Waals surface area contributed by atoms with Crippen molar-refractivity contribution >= 4 is 17.3 Å². The minimum absolute atomic E-state index is 0.0752. The first-order chi connectivity index (χ1) is 5.93. The second-order valence-electron chi connectivity index (χ2n) is 4.84. The zero-order valence-electron chi connectivity index (χ0n) is 8.48. The first-order valence-corrected chi connectivity index (χ1v) is 5.19. The van der Waals surface area contributed by atoms with E-state index in [1.807, 2.05) is 0 Å². The van der Waals surface area contributed by atoms with Gasteiger partial charge in [-0.2, -0.15) is 0 Å². The highest BCUT2D eigenvalue weighted by Gasteiger charge is 2.46. The molecule has 2 rings (SSSR count). The van der Waals surface area contributed by atoms with Crippen LogP contribution in [0, 0.1) is 0 Å². The zero-order valence-corrected chi connectivity index (χ0v) is 9.29. The van der Waals surface area contributed by atoms with Crippen molar-refractivity contribution in [3.63, 3.8) is 0 Å². The van der Waals surface area contributed by atoms with Gasteiger partial charge in [-0.3, -0.25) is 5.32 Å². The maximum atomic E-state index is 5.34. The van der Waals surface area contributed by atoms with Gasteiger partial charge >= 0.3 is 0 Å². The average molecular weight is 199 g/mol. The summed E-state index contributed by atoms with van der Waals surface area (Å²) in [4.78, 5) is 2.26. The quantitative estimate of drug-likeness (QED) is 0.561. The molecule has 2 saturated heterocycles. The maximum absolute atomic E-state index is 5.34. The molecule has 0 aromatic carbocycles. The topological polar surface area (TPSA) is 27.3 Å². The monoisotopic (exact) mass is 199 g/mol. The third-order valence-corrected chi connectivity index (χ3v) is 3.24. The fourth-order valence-corrected chi connectivity index (χ4v) is 3.09. The Kier molecular flexibility index (Phi) is 1.83. The van der Waals surface area contributed by atoms with Crippen molar-refractivity contribution in [3.8, 4) is 0 Å². The van der Waals surface area contributed by atoms with E-state index < -0.39 is 0 Å². The third-order valence-electron chi connectivity index (χ3n) is 2.91. The van der Waals surface area contributed by atoms with Gasteiger partial charge in [0, 0.05) is 25.0 Å². The average Bonchev–Trinajstić information content (AvgIpc) is 2.26. The highest BCUT2D eigenvalue weighted by molar-refractivity contribution is 7.80. The normalized spacial score (nSPS) is 37.2. The largest absolute Gasteiger partial charge is 0.357 e. The van der Waals surface area contributed by atoms with Crippen LogP contribution < -0.4 is 10.6 Å². The predicted molar refractivity (Wildman–Crippen MR) is 57.5 cm³/mol. The van der Waals surface area contributed by atoms with Gasteiger partial charge in [-0.05, 0) is 33.0 Å². The molecule has 0 unspecified atom stereocenters. The molecule has 0 radical (unpaired) electrons. The SMILES string of the molecule is CC1(C)C[C@@]2(C)NCCN2C(=S)N1. The molecule has 0 aromatic rings. The van der Waals surface area contributed by atoms with E-state index in [-0.39, 0.29) is 11.2 Å². The smallest absolute Gasteiger partial charge is 0.170 e. The standard InChI is InChI=1S/C9H17N3S/c1-8(2)6-9(3)10-4-5-12(9)7(13)11-8/h10H,4-6H2,1-3H3,(H,11,13)/t9-/m0/s1. The highest BCUT2D eigenvalue weighted by atomic mass is 32.1. The lowest BCUT2D eigenvalue weighted by atomic mass is 9.89. The molecule has 3 nitrogen and oxygen atoms in total. The van der Waals surface area contributed by atoms with Crippen molar-refractivity contribution in [1.29, 1.82) is 0 Å². The molecule has 2 heterocycles. The second kappa shape index (κ2) is 2.58. The van der Waals surface area contributed by atoms with Crippen LogP contribution in [-0.2, 0) is 0 Å². The van der Waals surface area contributed by atoms with Crippen LogP contribution in [0.4, 0.5) is 0 Å². The summed E-state index contributed by atoms with van der Waals surface area (Å²) in [6.07, 6.45) is 1.08. The molecule has 0 spiro atoms. The summed E-state index contributed by atoms with van der Waals surface area (Å²) >= 11 is 5.34. The number of nitrogens with zero attached hydrogens (tertiary/aromatic N) is 1. The van der Waals surface area contributed by atoms with E-state index in [0.717, 1.165) is 24.6 Å². The van der Waals surface area contributed by atoms with Crippen molar-refractivity contribution in [2.24, 2.45) is 0 Å². The van der Waals surface area contributed by atoms with Gasteiger partial charge in [0.25, 0.3) is 0 Å². The zero-order chi connectivity index (χ0) is 9.69. The summed E-state index contributed by atoms with van der Waals surface area (Å²) in [7, 11) is 0. The molecular weight excluding hydrogens is 182 g/mol. The van der Waals surface area contributed by atoms with Crippen molar-refractivity contribution in [2.75, 3.05) is 13.1 Å². The van der Waals surface area contributed by atoms with Gasteiger partial charge < -0.3 is 10.2 Å². The Morgan fingerprint density at radius 3 is 2.77 bits per heavy atom. The van der Waals surface area contributed by atoms with Crippen LogP contribution in [0.1, 0.15) is 27.2 Å². The summed E-state index contributed by atoms with van der Waals surface area (Å²) in [6.45, 7) is 8.69. The van der Waals surface area contributed by atoms with Crippen LogP contribution in [0.25, 0.3) is 0 Å². The van der Waals surface area contributed by atoms with E-state index in [0.29, 0.717) is 0 Å². The number of hydrogen-bond acceptors (Lipinski definition) is 2. The number of fused-ring (bicyclic) bond motifs is 1. The molecule has 2 aliphatic rings. The lowest BCUT2D eigenvalue weighted by Gasteiger charge is -2.48. The summed E-state index contributed by atoms with van der Waals surface area (Å²) in [5, 5.41) is 7.78. The Labute approximate surface area is 84.9 Å². The number of thiocarbonyl (C=S) groups is 1. The molecule has 13 heavy (non-hydrogen) atoms. The molecule has 2 N–H and O–H groups in total. The Morgan fingerprint density at radius 1 is 1.38 bits per heavy atom.